The lowest BCUT2D eigenvalue weighted by atomic mass is 10.2. The number of aliphatic hydroxyl groups is 3. The van der Waals surface area contributed by atoms with Crippen molar-refractivity contribution in [2.45, 2.75) is 56.1 Å². The number of fused-ring (bicyclic) bond motifs is 1. The third-order valence-corrected chi connectivity index (χ3v) is 8.52. The molecule has 0 aromatic carbocycles. The number of rotatable bonds is 6. The second kappa shape index (κ2) is 15.6. The maximum atomic E-state index is 11.5. The molecule has 19 nitrogen and oxygen atoms in total. The molecule has 0 bridgehead atoms. The van der Waals surface area contributed by atoms with Gasteiger partial charge in [-0.3, -0.25) is 28.3 Å². The zero-order chi connectivity index (χ0) is 34.4. The fourth-order valence-electron chi connectivity index (χ4n) is 4.96. The molecule has 0 radical (unpaired) electrons. The molecule has 0 aliphatic carbocycles. The van der Waals surface area contributed by atoms with Crippen LogP contribution in [-0.4, -0.2) is 97.2 Å². The standard InChI is InChI=1S/C10H12N4O3.C10H12N2O4.C8H11N3O3S/c15-3-6-1-2-7(17-6)14-5-13-8-9(14)11-4-12-10(8)16;1-6-4-12(10(15)11-9(6)14)8-3-2-7(5-13)16-8;9-5-1-2-11(8(13)10-5)6-4-15-7(3-12)14-6/h4-7,15H,1-3H2,(H,11,12,16);2-4,7-8,13H,5H2,1H3,(H,11,14,15);1-2,6-7,12H,3-4H2,(H2,9,10,13)/t6-,7+;7-,8+;6-,7+/m001/s1. The Morgan fingerprint density at radius 3 is 2.44 bits per heavy atom. The number of H-pyrrole nitrogens is 2. The van der Waals surface area contributed by atoms with E-state index in [9.17, 15) is 19.2 Å². The maximum absolute atomic E-state index is 11.5. The van der Waals surface area contributed by atoms with Crippen molar-refractivity contribution in [3.8, 4) is 0 Å². The predicted molar refractivity (Wildman–Crippen MR) is 171 cm³/mol. The SMILES string of the molecule is Cc1cn([C@H]2C=C[C@@H](CO)O2)c(=O)[nH]c1=O.Nc1ccn([C@H]2CS[C@@H](CO)O2)c(=O)n1.O=c1[nH]cnc2c1ncn2[C@H]1CC[C@@H](CO)O1. The quantitative estimate of drug-likeness (QED) is 0.126. The van der Waals surface area contributed by atoms with Crippen LogP contribution in [0.3, 0.4) is 0 Å². The monoisotopic (exact) mass is 689 g/mol. The second-order valence-electron chi connectivity index (χ2n) is 10.7. The third kappa shape index (κ3) is 7.98. The van der Waals surface area contributed by atoms with Crippen LogP contribution in [0.5, 0.6) is 0 Å². The summed E-state index contributed by atoms with van der Waals surface area (Å²) in [6, 6.07) is 1.54. The Labute approximate surface area is 274 Å². The Balaban J connectivity index is 0.000000141. The summed E-state index contributed by atoms with van der Waals surface area (Å²) in [5, 5.41) is 26.8. The zero-order valence-corrected chi connectivity index (χ0v) is 26.4. The summed E-state index contributed by atoms with van der Waals surface area (Å²) >= 11 is 1.47. The first-order valence-electron chi connectivity index (χ1n) is 14.8. The van der Waals surface area contributed by atoms with E-state index in [1.54, 1.807) is 42.2 Å². The first kappa shape index (κ1) is 34.9. The number of nitrogen functional groups attached to an aromatic ring is 1. The van der Waals surface area contributed by atoms with Gasteiger partial charge in [0.25, 0.3) is 11.1 Å². The molecule has 7 heterocycles. The molecule has 3 aliphatic heterocycles. The van der Waals surface area contributed by atoms with Gasteiger partial charge in [-0.05, 0) is 31.9 Å². The molecule has 3 aliphatic rings. The van der Waals surface area contributed by atoms with Crippen molar-refractivity contribution in [2.75, 3.05) is 31.3 Å². The number of ether oxygens (including phenoxy) is 3. The molecular weight excluding hydrogens is 654 g/mol. The van der Waals surface area contributed by atoms with E-state index in [4.69, 9.17) is 35.3 Å². The van der Waals surface area contributed by atoms with Crippen molar-refractivity contribution in [1.29, 1.82) is 0 Å². The first-order valence-corrected chi connectivity index (χ1v) is 15.8. The highest BCUT2D eigenvalue weighted by Crippen LogP contribution is 2.31. The topological polar surface area (TPSA) is 268 Å². The number of nitrogens with zero attached hydrogens (tertiary/aromatic N) is 6. The molecule has 0 amide bonds. The Hall–Kier alpha value is -4.44. The number of aliphatic hydroxyl groups excluding tert-OH is 3. The molecule has 4 aromatic heterocycles. The van der Waals surface area contributed by atoms with E-state index in [0.29, 0.717) is 22.5 Å². The molecule has 2 fully saturated rings. The molecule has 20 heteroatoms. The van der Waals surface area contributed by atoms with E-state index < -0.39 is 29.3 Å². The van der Waals surface area contributed by atoms with Gasteiger partial charge in [0.2, 0.25) is 0 Å². The van der Waals surface area contributed by atoms with Gasteiger partial charge in [0, 0.05) is 23.7 Å². The summed E-state index contributed by atoms with van der Waals surface area (Å²) in [6.45, 7) is 1.43. The van der Waals surface area contributed by atoms with Gasteiger partial charge in [-0.1, -0.05) is 6.08 Å². The Morgan fingerprint density at radius 2 is 1.77 bits per heavy atom. The summed E-state index contributed by atoms with van der Waals surface area (Å²) < 4.78 is 20.8. The number of hydrogen-bond acceptors (Lipinski definition) is 15. The molecule has 258 valence electrons. The van der Waals surface area contributed by atoms with Crippen molar-refractivity contribution in [1.82, 2.24) is 38.6 Å². The molecule has 0 spiro atoms. The van der Waals surface area contributed by atoms with Gasteiger partial charge < -0.3 is 40.2 Å². The smallest absolute Gasteiger partial charge is 0.351 e. The highest BCUT2D eigenvalue weighted by molar-refractivity contribution is 8.00. The number of nitrogens with two attached hydrogens (primary N) is 1. The Bertz CT molecular complexity index is 1970. The lowest BCUT2D eigenvalue weighted by Gasteiger charge is -2.14. The lowest BCUT2D eigenvalue weighted by molar-refractivity contribution is -0.0207. The molecule has 7 N–H and O–H groups in total. The van der Waals surface area contributed by atoms with E-state index in [-0.39, 0.29) is 55.2 Å². The third-order valence-electron chi connectivity index (χ3n) is 7.41. The van der Waals surface area contributed by atoms with Crippen LogP contribution < -0.4 is 28.2 Å². The Kier molecular flexibility index (Phi) is 11.4. The molecular formula is C28H35N9O10S. The number of nitrogens with one attached hydrogen (secondary N) is 2. The van der Waals surface area contributed by atoms with Crippen molar-refractivity contribution >= 4 is 28.7 Å². The fraction of sp³-hybridized carbons (Fsp3) is 0.464. The number of anilines is 1. The van der Waals surface area contributed by atoms with E-state index in [1.165, 1.54) is 33.4 Å². The molecule has 6 atom stereocenters. The van der Waals surface area contributed by atoms with E-state index in [0.717, 1.165) is 12.8 Å². The molecule has 2 saturated heterocycles. The van der Waals surface area contributed by atoms with Crippen LogP contribution in [-0.2, 0) is 14.2 Å². The first-order chi connectivity index (χ1) is 23.1. The molecule has 0 unspecified atom stereocenters. The molecule has 7 rings (SSSR count). The molecule has 4 aromatic rings. The van der Waals surface area contributed by atoms with E-state index in [2.05, 4.69) is 24.9 Å². The summed E-state index contributed by atoms with van der Waals surface area (Å²) in [6.07, 6.45) is 9.14. The summed E-state index contributed by atoms with van der Waals surface area (Å²) in [7, 11) is 0. The van der Waals surface area contributed by atoms with Crippen LogP contribution in [0.4, 0.5) is 5.82 Å². The maximum Gasteiger partial charge on any atom is 0.351 e. The van der Waals surface area contributed by atoms with Gasteiger partial charge in [-0.25, -0.2) is 19.6 Å². The fourth-order valence-corrected chi connectivity index (χ4v) is 5.89. The zero-order valence-electron chi connectivity index (χ0n) is 25.6. The number of aryl methyl sites for hydroxylation is 1. The van der Waals surface area contributed by atoms with Gasteiger partial charge in [0.1, 0.15) is 29.8 Å². The number of aromatic nitrogens is 8. The Morgan fingerprint density at radius 1 is 0.958 bits per heavy atom. The van der Waals surface area contributed by atoms with Gasteiger partial charge >= 0.3 is 11.4 Å². The minimum Gasteiger partial charge on any atom is -0.394 e. The average molecular weight is 690 g/mol. The van der Waals surface area contributed by atoms with Crippen LogP contribution in [0, 0.1) is 6.92 Å². The highest BCUT2D eigenvalue weighted by Gasteiger charge is 2.28. The van der Waals surface area contributed by atoms with Gasteiger partial charge in [-0.15, -0.1) is 11.8 Å². The minimum absolute atomic E-state index is 0.0111. The second-order valence-corrected chi connectivity index (χ2v) is 11.9. The van der Waals surface area contributed by atoms with Crippen molar-refractivity contribution < 1.29 is 29.5 Å². The van der Waals surface area contributed by atoms with Crippen LogP contribution in [0.1, 0.15) is 37.1 Å². The molecule has 48 heavy (non-hydrogen) atoms. The van der Waals surface area contributed by atoms with Crippen molar-refractivity contribution in [3.63, 3.8) is 0 Å². The lowest BCUT2D eigenvalue weighted by Crippen LogP contribution is -2.33. The number of thioether (sulfide) groups is 1. The predicted octanol–water partition coefficient (Wildman–Crippen LogP) is -1.51. The van der Waals surface area contributed by atoms with Crippen LogP contribution in [0.15, 0.2) is 62.4 Å². The molecule has 0 saturated carbocycles. The van der Waals surface area contributed by atoms with Crippen molar-refractivity contribution in [3.05, 3.63) is 90.5 Å². The van der Waals surface area contributed by atoms with E-state index in [1.807, 2.05) is 0 Å². The van der Waals surface area contributed by atoms with Crippen LogP contribution in [0.2, 0.25) is 0 Å². The van der Waals surface area contributed by atoms with Gasteiger partial charge in [-0.2, -0.15) is 4.98 Å². The highest BCUT2D eigenvalue weighted by atomic mass is 32.2. The minimum atomic E-state index is -0.569. The summed E-state index contributed by atoms with van der Waals surface area (Å²) in [5.74, 6) is 0.817. The summed E-state index contributed by atoms with van der Waals surface area (Å²) in [5.41, 5.74) is 4.74. The average Bonchev–Trinajstić information content (AvgIpc) is 3.90. The normalized spacial score (nSPS) is 24.7. The van der Waals surface area contributed by atoms with Crippen LogP contribution >= 0.6 is 11.8 Å². The van der Waals surface area contributed by atoms with Gasteiger partial charge in [0.05, 0.1) is 38.6 Å². The van der Waals surface area contributed by atoms with E-state index >= 15 is 0 Å². The number of imidazole rings is 1. The largest absolute Gasteiger partial charge is 0.394 e. The van der Waals surface area contributed by atoms with Gasteiger partial charge in [0.15, 0.2) is 17.4 Å². The summed E-state index contributed by atoms with van der Waals surface area (Å²) in [4.78, 5) is 62.0. The van der Waals surface area contributed by atoms with Crippen LogP contribution in [0.25, 0.3) is 11.2 Å². The number of hydrogen-bond donors (Lipinski definition) is 6. The van der Waals surface area contributed by atoms with Crippen molar-refractivity contribution in [2.24, 2.45) is 0 Å². The number of aromatic amines is 2.